The van der Waals surface area contributed by atoms with Crippen LogP contribution in [0.2, 0.25) is 0 Å². The Balaban J connectivity index is 1.91. The lowest BCUT2D eigenvalue weighted by Gasteiger charge is -2.28. The SMILES string of the molecule is CC1CNCC(C(=O)NC(C)c2ccccc2)C1. The highest BCUT2D eigenvalue weighted by atomic mass is 16.2. The molecular formula is C15H22N2O. The Morgan fingerprint density at radius 3 is 2.72 bits per heavy atom. The molecule has 0 aliphatic carbocycles. The summed E-state index contributed by atoms with van der Waals surface area (Å²) in [6.07, 6.45) is 0.986. The summed E-state index contributed by atoms with van der Waals surface area (Å²) in [7, 11) is 0. The number of piperidine rings is 1. The van der Waals surface area contributed by atoms with Crippen LogP contribution >= 0.6 is 0 Å². The van der Waals surface area contributed by atoms with Gasteiger partial charge in [0.25, 0.3) is 0 Å². The van der Waals surface area contributed by atoms with Gasteiger partial charge in [-0.25, -0.2) is 0 Å². The standard InChI is InChI=1S/C15H22N2O/c1-11-8-14(10-16-9-11)15(18)17-12(2)13-6-4-3-5-7-13/h3-7,11-12,14,16H,8-10H2,1-2H3,(H,17,18). The molecule has 3 atom stereocenters. The molecule has 18 heavy (non-hydrogen) atoms. The molecule has 1 amide bonds. The topological polar surface area (TPSA) is 41.1 Å². The van der Waals surface area contributed by atoms with Crippen LogP contribution in [0.25, 0.3) is 0 Å². The van der Waals surface area contributed by atoms with E-state index in [2.05, 4.69) is 17.6 Å². The average Bonchev–Trinajstić information content (AvgIpc) is 2.39. The quantitative estimate of drug-likeness (QED) is 0.857. The van der Waals surface area contributed by atoms with E-state index in [1.807, 2.05) is 37.3 Å². The second-order valence-corrected chi connectivity index (χ2v) is 5.34. The van der Waals surface area contributed by atoms with Gasteiger partial charge in [-0.2, -0.15) is 0 Å². The Morgan fingerprint density at radius 2 is 2.06 bits per heavy atom. The summed E-state index contributed by atoms with van der Waals surface area (Å²) in [5.74, 6) is 0.867. The van der Waals surface area contributed by atoms with Gasteiger partial charge in [0.1, 0.15) is 0 Å². The summed E-state index contributed by atoms with van der Waals surface area (Å²) in [4.78, 5) is 12.2. The summed E-state index contributed by atoms with van der Waals surface area (Å²) in [5, 5.41) is 6.43. The smallest absolute Gasteiger partial charge is 0.224 e. The Morgan fingerprint density at radius 1 is 1.33 bits per heavy atom. The minimum Gasteiger partial charge on any atom is -0.349 e. The number of rotatable bonds is 3. The van der Waals surface area contributed by atoms with Gasteiger partial charge in [-0.15, -0.1) is 0 Å². The zero-order chi connectivity index (χ0) is 13.0. The number of hydrogen-bond donors (Lipinski definition) is 2. The van der Waals surface area contributed by atoms with Gasteiger partial charge in [-0.05, 0) is 31.4 Å². The van der Waals surface area contributed by atoms with E-state index in [1.54, 1.807) is 0 Å². The summed E-state index contributed by atoms with van der Waals surface area (Å²) in [6, 6.07) is 10.2. The lowest BCUT2D eigenvalue weighted by Crippen LogP contribution is -2.43. The number of carbonyl (C=O) groups is 1. The fourth-order valence-corrected chi connectivity index (χ4v) is 2.51. The Labute approximate surface area is 109 Å². The van der Waals surface area contributed by atoms with Gasteiger partial charge in [0.05, 0.1) is 12.0 Å². The molecule has 1 saturated heterocycles. The first-order valence-electron chi connectivity index (χ1n) is 6.73. The molecule has 1 fully saturated rings. The maximum Gasteiger partial charge on any atom is 0.224 e. The van der Waals surface area contributed by atoms with Crippen molar-refractivity contribution in [1.82, 2.24) is 10.6 Å². The fourth-order valence-electron chi connectivity index (χ4n) is 2.51. The molecule has 3 heteroatoms. The molecule has 3 unspecified atom stereocenters. The molecule has 1 aromatic rings. The average molecular weight is 246 g/mol. The Kier molecular flexibility index (Phi) is 4.37. The molecule has 0 bridgehead atoms. The molecular weight excluding hydrogens is 224 g/mol. The van der Waals surface area contributed by atoms with Crippen molar-refractivity contribution in [2.75, 3.05) is 13.1 Å². The van der Waals surface area contributed by atoms with Crippen molar-refractivity contribution in [3.8, 4) is 0 Å². The van der Waals surface area contributed by atoms with Crippen LogP contribution in [0, 0.1) is 11.8 Å². The first kappa shape index (κ1) is 13.1. The van der Waals surface area contributed by atoms with E-state index in [4.69, 9.17) is 0 Å². The minimum absolute atomic E-state index is 0.0796. The summed E-state index contributed by atoms with van der Waals surface area (Å²) < 4.78 is 0. The molecule has 1 aliphatic rings. The second-order valence-electron chi connectivity index (χ2n) is 5.34. The van der Waals surface area contributed by atoms with Crippen molar-refractivity contribution in [2.45, 2.75) is 26.3 Å². The van der Waals surface area contributed by atoms with Crippen molar-refractivity contribution >= 4 is 5.91 Å². The van der Waals surface area contributed by atoms with Gasteiger partial charge in [-0.1, -0.05) is 37.3 Å². The Hall–Kier alpha value is -1.35. The highest BCUT2D eigenvalue weighted by Gasteiger charge is 2.25. The van der Waals surface area contributed by atoms with Crippen LogP contribution in [0.15, 0.2) is 30.3 Å². The van der Waals surface area contributed by atoms with Crippen molar-refractivity contribution < 1.29 is 4.79 Å². The summed E-state index contributed by atoms with van der Waals surface area (Å²) in [6.45, 7) is 6.05. The summed E-state index contributed by atoms with van der Waals surface area (Å²) in [5.41, 5.74) is 1.16. The first-order valence-corrected chi connectivity index (χ1v) is 6.73. The van der Waals surface area contributed by atoms with Crippen molar-refractivity contribution in [3.05, 3.63) is 35.9 Å². The number of nitrogens with one attached hydrogen (secondary N) is 2. The number of benzene rings is 1. The predicted molar refractivity (Wildman–Crippen MR) is 73.1 cm³/mol. The maximum atomic E-state index is 12.2. The first-order chi connectivity index (χ1) is 8.66. The van der Waals surface area contributed by atoms with E-state index >= 15 is 0 Å². The Bertz CT molecular complexity index is 391. The molecule has 0 aromatic heterocycles. The van der Waals surface area contributed by atoms with Crippen LogP contribution in [0.1, 0.15) is 31.9 Å². The minimum atomic E-state index is 0.0796. The highest BCUT2D eigenvalue weighted by Crippen LogP contribution is 2.18. The normalized spacial score (nSPS) is 25.4. The zero-order valence-electron chi connectivity index (χ0n) is 11.1. The lowest BCUT2D eigenvalue weighted by molar-refractivity contribution is -0.126. The molecule has 2 N–H and O–H groups in total. The van der Waals surface area contributed by atoms with Crippen LogP contribution in [0.5, 0.6) is 0 Å². The molecule has 2 rings (SSSR count). The summed E-state index contributed by atoms with van der Waals surface area (Å²) >= 11 is 0. The molecule has 3 nitrogen and oxygen atoms in total. The lowest BCUT2D eigenvalue weighted by atomic mass is 9.91. The molecule has 98 valence electrons. The molecule has 1 aromatic carbocycles. The van der Waals surface area contributed by atoms with Crippen molar-refractivity contribution in [2.24, 2.45) is 11.8 Å². The van der Waals surface area contributed by atoms with Gasteiger partial charge in [0, 0.05) is 6.54 Å². The van der Waals surface area contributed by atoms with Crippen molar-refractivity contribution in [3.63, 3.8) is 0 Å². The van der Waals surface area contributed by atoms with Gasteiger partial charge < -0.3 is 10.6 Å². The van der Waals surface area contributed by atoms with Gasteiger partial charge in [0.15, 0.2) is 0 Å². The number of hydrogen-bond acceptors (Lipinski definition) is 2. The van der Waals surface area contributed by atoms with Gasteiger partial charge >= 0.3 is 0 Å². The molecule has 0 saturated carbocycles. The van der Waals surface area contributed by atoms with Crippen LogP contribution in [0.4, 0.5) is 0 Å². The van der Waals surface area contributed by atoms with Gasteiger partial charge in [-0.3, -0.25) is 4.79 Å². The second kappa shape index (κ2) is 6.01. The van der Waals surface area contributed by atoms with E-state index in [1.165, 1.54) is 0 Å². The fraction of sp³-hybridized carbons (Fsp3) is 0.533. The van der Waals surface area contributed by atoms with Crippen molar-refractivity contribution in [1.29, 1.82) is 0 Å². The third kappa shape index (κ3) is 3.33. The monoisotopic (exact) mass is 246 g/mol. The highest BCUT2D eigenvalue weighted by molar-refractivity contribution is 5.79. The number of amides is 1. The molecule has 1 heterocycles. The van der Waals surface area contributed by atoms with E-state index < -0.39 is 0 Å². The van der Waals surface area contributed by atoms with Crippen LogP contribution in [0.3, 0.4) is 0 Å². The predicted octanol–water partition coefficient (Wildman–Crippen LogP) is 2.11. The third-order valence-electron chi connectivity index (χ3n) is 3.60. The van der Waals surface area contributed by atoms with E-state index in [-0.39, 0.29) is 17.9 Å². The molecule has 0 spiro atoms. The molecule has 0 radical (unpaired) electrons. The van der Waals surface area contributed by atoms with Crippen LogP contribution < -0.4 is 10.6 Å². The van der Waals surface area contributed by atoms with Crippen LogP contribution in [-0.4, -0.2) is 19.0 Å². The maximum absolute atomic E-state index is 12.2. The number of carbonyl (C=O) groups excluding carboxylic acids is 1. The van der Waals surface area contributed by atoms with E-state index in [0.717, 1.165) is 25.1 Å². The van der Waals surface area contributed by atoms with Crippen LogP contribution in [-0.2, 0) is 4.79 Å². The zero-order valence-corrected chi connectivity index (χ0v) is 11.1. The van der Waals surface area contributed by atoms with E-state index in [0.29, 0.717) is 5.92 Å². The molecule has 1 aliphatic heterocycles. The van der Waals surface area contributed by atoms with Gasteiger partial charge in [0.2, 0.25) is 5.91 Å². The third-order valence-corrected chi connectivity index (χ3v) is 3.60. The van der Waals surface area contributed by atoms with E-state index in [9.17, 15) is 4.79 Å². The largest absolute Gasteiger partial charge is 0.349 e.